The zero-order valence-corrected chi connectivity index (χ0v) is 25.0. The number of sulfonamides is 1. The first kappa shape index (κ1) is 31.1. The molecule has 220 valence electrons. The van der Waals surface area contributed by atoms with Crippen molar-refractivity contribution in [1.29, 1.82) is 0 Å². The standard InChI is InChI=1S/C34H38N2O5S/c1-34(2,21-26-14-16-28-10-4-5-11-29(28)19-26)35-22-32(37)23-36(3)42(40,41)24-27-9-7-13-31(20-27)30-12-6-8-25(18-30)15-17-33(38)39/h4-20,32,35,37H,21-24H2,1-3H3,(H,38,39)/b17-15+/t32-/m0/s1. The van der Waals surface area contributed by atoms with Gasteiger partial charge in [-0.2, -0.15) is 0 Å². The van der Waals surface area contributed by atoms with Gasteiger partial charge in [-0.15, -0.1) is 0 Å². The maximum absolute atomic E-state index is 13.2. The van der Waals surface area contributed by atoms with E-state index in [-0.39, 0.29) is 24.4 Å². The van der Waals surface area contributed by atoms with Crippen molar-refractivity contribution in [1.82, 2.24) is 9.62 Å². The molecule has 1 atom stereocenters. The van der Waals surface area contributed by atoms with Crippen LogP contribution in [0.1, 0.15) is 30.5 Å². The number of fused-ring (bicyclic) bond motifs is 1. The van der Waals surface area contributed by atoms with Crippen LogP contribution in [0.5, 0.6) is 0 Å². The van der Waals surface area contributed by atoms with Crippen LogP contribution in [0.15, 0.2) is 97.1 Å². The minimum Gasteiger partial charge on any atom is -0.478 e. The van der Waals surface area contributed by atoms with Gasteiger partial charge in [-0.1, -0.05) is 84.9 Å². The highest BCUT2D eigenvalue weighted by Crippen LogP contribution is 2.24. The molecule has 0 unspecified atom stereocenters. The van der Waals surface area contributed by atoms with Gasteiger partial charge in [-0.3, -0.25) is 0 Å². The number of hydrogen-bond acceptors (Lipinski definition) is 5. The maximum Gasteiger partial charge on any atom is 0.328 e. The Morgan fingerprint density at radius 2 is 1.60 bits per heavy atom. The molecule has 0 bridgehead atoms. The molecule has 0 saturated heterocycles. The minimum atomic E-state index is -3.69. The number of carboxylic acids is 1. The molecule has 0 heterocycles. The van der Waals surface area contributed by atoms with Crippen molar-refractivity contribution in [3.8, 4) is 11.1 Å². The molecule has 3 N–H and O–H groups in total. The van der Waals surface area contributed by atoms with Crippen LogP contribution in [0, 0.1) is 0 Å². The Morgan fingerprint density at radius 3 is 2.33 bits per heavy atom. The largest absolute Gasteiger partial charge is 0.478 e. The highest BCUT2D eigenvalue weighted by Gasteiger charge is 2.24. The highest BCUT2D eigenvalue weighted by molar-refractivity contribution is 7.88. The number of aliphatic hydroxyl groups is 1. The van der Waals surface area contributed by atoms with Crippen LogP contribution in [-0.2, 0) is 27.0 Å². The molecule has 4 rings (SSSR count). The van der Waals surface area contributed by atoms with Crippen LogP contribution in [-0.4, -0.2) is 60.7 Å². The first-order valence-electron chi connectivity index (χ1n) is 13.9. The number of aliphatic carboxylic acids is 1. The summed E-state index contributed by atoms with van der Waals surface area (Å²) >= 11 is 0. The molecule has 0 fully saturated rings. The van der Waals surface area contributed by atoms with Crippen molar-refractivity contribution >= 4 is 32.8 Å². The molecule has 0 aliphatic rings. The number of benzene rings is 4. The summed E-state index contributed by atoms with van der Waals surface area (Å²) in [6, 6.07) is 29.3. The molecule has 4 aromatic carbocycles. The van der Waals surface area contributed by atoms with Crippen LogP contribution in [0.25, 0.3) is 28.0 Å². The van der Waals surface area contributed by atoms with Gasteiger partial charge in [0, 0.05) is 31.8 Å². The van der Waals surface area contributed by atoms with Gasteiger partial charge in [0.2, 0.25) is 10.0 Å². The predicted molar refractivity (Wildman–Crippen MR) is 170 cm³/mol. The van der Waals surface area contributed by atoms with Gasteiger partial charge in [0.25, 0.3) is 0 Å². The van der Waals surface area contributed by atoms with Crippen LogP contribution >= 0.6 is 0 Å². The van der Waals surface area contributed by atoms with E-state index >= 15 is 0 Å². The zero-order valence-electron chi connectivity index (χ0n) is 24.2. The van der Waals surface area contributed by atoms with E-state index in [1.807, 2.05) is 42.5 Å². The topological polar surface area (TPSA) is 107 Å². The number of β-amino-alcohol motifs (C(OH)–C–C–N with tert-alkyl or cyclic N) is 1. The lowest BCUT2D eigenvalue weighted by Crippen LogP contribution is -2.47. The summed E-state index contributed by atoms with van der Waals surface area (Å²) in [6.45, 7) is 4.36. The van der Waals surface area contributed by atoms with E-state index in [9.17, 15) is 18.3 Å². The van der Waals surface area contributed by atoms with E-state index in [0.717, 1.165) is 29.2 Å². The predicted octanol–water partition coefficient (Wildman–Crippen LogP) is 5.34. The van der Waals surface area contributed by atoms with E-state index < -0.39 is 22.1 Å². The summed E-state index contributed by atoms with van der Waals surface area (Å²) in [5, 5.41) is 25.4. The van der Waals surface area contributed by atoms with Crippen molar-refractivity contribution in [2.75, 3.05) is 20.1 Å². The first-order valence-corrected chi connectivity index (χ1v) is 15.5. The van der Waals surface area contributed by atoms with E-state index in [4.69, 9.17) is 5.11 Å². The fourth-order valence-corrected chi connectivity index (χ4v) is 6.16. The highest BCUT2D eigenvalue weighted by atomic mass is 32.2. The molecular formula is C34H38N2O5S. The number of rotatable bonds is 13. The van der Waals surface area contributed by atoms with E-state index in [1.54, 1.807) is 18.2 Å². The van der Waals surface area contributed by atoms with Gasteiger partial charge in [0.05, 0.1) is 11.9 Å². The summed E-state index contributed by atoms with van der Waals surface area (Å²) in [5.74, 6) is -1.23. The normalized spacial score (nSPS) is 13.2. The third kappa shape index (κ3) is 8.84. The summed E-state index contributed by atoms with van der Waals surface area (Å²) in [5.41, 5.74) is 3.91. The summed E-state index contributed by atoms with van der Waals surface area (Å²) in [6.07, 6.45) is 2.47. The molecule has 42 heavy (non-hydrogen) atoms. The summed E-state index contributed by atoms with van der Waals surface area (Å²) < 4.78 is 27.5. The molecule has 7 nitrogen and oxygen atoms in total. The molecular weight excluding hydrogens is 548 g/mol. The number of aliphatic hydroxyl groups excluding tert-OH is 1. The molecule has 0 aliphatic carbocycles. The lowest BCUT2D eigenvalue weighted by Gasteiger charge is -2.29. The van der Waals surface area contributed by atoms with Crippen LogP contribution in [0.4, 0.5) is 0 Å². The summed E-state index contributed by atoms with van der Waals surface area (Å²) in [4.78, 5) is 10.8. The average molecular weight is 587 g/mol. The fraction of sp³-hybridized carbons (Fsp3) is 0.265. The number of likely N-dealkylation sites (N-methyl/N-ethyl adjacent to an activating group) is 1. The third-order valence-electron chi connectivity index (χ3n) is 7.13. The third-order valence-corrected chi connectivity index (χ3v) is 8.93. The minimum absolute atomic E-state index is 0.0287. The Morgan fingerprint density at radius 1 is 0.905 bits per heavy atom. The number of carboxylic acid groups (broad SMARTS) is 1. The Hall–Kier alpha value is -3.82. The lowest BCUT2D eigenvalue weighted by molar-refractivity contribution is -0.131. The van der Waals surface area contributed by atoms with E-state index in [1.165, 1.54) is 33.8 Å². The number of nitrogens with zero attached hydrogens (tertiary/aromatic N) is 1. The second-order valence-corrected chi connectivity index (χ2v) is 13.4. The van der Waals surface area contributed by atoms with Gasteiger partial charge in [0.15, 0.2) is 0 Å². The second-order valence-electron chi connectivity index (χ2n) is 11.3. The molecule has 0 aromatic heterocycles. The second kappa shape index (κ2) is 13.4. The van der Waals surface area contributed by atoms with Crippen molar-refractivity contribution in [2.24, 2.45) is 0 Å². The maximum atomic E-state index is 13.2. The van der Waals surface area contributed by atoms with Crippen LogP contribution < -0.4 is 5.32 Å². The monoisotopic (exact) mass is 586 g/mol. The smallest absolute Gasteiger partial charge is 0.328 e. The van der Waals surface area contributed by atoms with Crippen molar-refractivity contribution < 1.29 is 23.4 Å². The molecule has 0 saturated carbocycles. The molecule has 0 aliphatic heterocycles. The van der Waals surface area contributed by atoms with E-state index in [0.29, 0.717) is 5.56 Å². The van der Waals surface area contributed by atoms with Gasteiger partial charge in [-0.25, -0.2) is 17.5 Å². The SMILES string of the molecule is CN(C[C@@H](O)CNC(C)(C)Cc1ccc2ccccc2c1)S(=O)(=O)Cc1cccc(-c2cccc(/C=C/C(=O)O)c2)c1. The average Bonchev–Trinajstić information content (AvgIpc) is 2.95. The van der Waals surface area contributed by atoms with Crippen LogP contribution in [0.3, 0.4) is 0 Å². The number of nitrogens with one attached hydrogen (secondary N) is 1. The molecule has 0 amide bonds. The quantitative estimate of drug-likeness (QED) is 0.183. The Bertz CT molecular complexity index is 1680. The Labute approximate surface area is 248 Å². The molecule has 0 spiro atoms. The van der Waals surface area contributed by atoms with Crippen molar-refractivity contribution in [3.05, 3.63) is 114 Å². The van der Waals surface area contributed by atoms with Crippen molar-refractivity contribution in [2.45, 2.75) is 37.7 Å². The Kier molecular flexibility index (Phi) is 9.96. The summed E-state index contributed by atoms with van der Waals surface area (Å²) in [7, 11) is -2.20. The van der Waals surface area contributed by atoms with Crippen molar-refractivity contribution in [3.63, 3.8) is 0 Å². The van der Waals surface area contributed by atoms with E-state index in [2.05, 4.69) is 49.5 Å². The first-order chi connectivity index (χ1) is 19.9. The molecule has 4 aromatic rings. The Balaban J connectivity index is 1.33. The lowest BCUT2D eigenvalue weighted by atomic mass is 9.93. The molecule has 8 heteroatoms. The molecule has 0 radical (unpaired) electrons. The van der Waals surface area contributed by atoms with Gasteiger partial charge in [-0.05, 0) is 71.0 Å². The van der Waals surface area contributed by atoms with Gasteiger partial charge in [0.1, 0.15) is 0 Å². The zero-order chi connectivity index (χ0) is 30.3. The fourth-order valence-electron chi connectivity index (χ4n) is 4.94. The number of hydrogen-bond donors (Lipinski definition) is 3. The van der Waals surface area contributed by atoms with Gasteiger partial charge < -0.3 is 15.5 Å². The number of carbonyl (C=O) groups is 1. The van der Waals surface area contributed by atoms with Gasteiger partial charge >= 0.3 is 5.97 Å². The van der Waals surface area contributed by atoms with Crippen LogP contribution in [0.2, 0.25) is 0 Å².